The Balaban J connectivity index is 1.71. The van der Waals surface area contributed by atoms with Crippen LogP contribution in [0.1, 0.15) is 30.3 Å². The van der Waals surface area contributed by atoms with Crippen molar-refractivity contribution in [2.24, 2.45) is 7.05 Å². The minimum Gasteiger partial charge on any atom is -0.369 e. The van der Waals surface area contributed by atoms with Gasteiger partial charge in [0.15, 0.2) is 0 Å². The first kappa shape index (κ1) is 15.6. The van der Waals surface area contributed by atoms with Gasteiger partial charge in [-0.05, 0) is 25.0 Å². The van der Waals surface area contributed by atoms with Crippen molar-refractivity contribution in [1.29, 1.82) is 0 Å². The molecule has 0 unspecified atom stereocenters. The number of nitrogens with zero attached hydrogens (tertiary/aromatic N) is 2. The van der Waals surface area contributed by atoms with Crippen LogP contribution in [0.5, 0.6) is 0 Å². The van der Waals surface area contributed by atoms with Crippen molar-refractivity contribution in [2.45, 2.75) is 31.5 Å². The first-order chi connectivity index (χ1) is 10.6. The SMILES string of the molecule is Cn1ccnc1[C@H]1OCCC[C@@H]1NCc1ccc(Br)cc1F. The molecule has 3 rings (SSSR count). The Morgan fingerprint density at radius 2 is 2.36 bits per heavy atom. The zero-order chi connectivity index (χ0) is 15.5. The van der Waals surface area contributed by atoms with Crippen LogP contribution in [-0.4, -0.2) is 22.2 Å². The third-order valence-corrected chi connectivity index (χ3v) is 4.50. The fraction of sp³-hybridized carbons (Fsp3) is 0.438. The van der Waals surface area contributed by atoms with Crippen LogP contribution in [0.15, 0.2) is 35.1 Å². The molecule has 2 heterocycles. The Hall–Kier alpha value is -1.24. The molecule has 0 bridgehead atoms. The van der Waals surface area contributed by atoms with E-state index in [1.165, 1.54) is 6.07 Å². The highest BCUT2D eigenvalue weighted by molar-refractivity contribution is 9.10. The van der Waals surface area contributed by atoms with E-state index in [1.54, 1.807) is 12.3 Å². The lowest BCUT2D eigenvalue weighted by atomic mass is 10.0. The highest BCUT2D eigenvalue weighted by atomic mass is 79.9. The first-order valence-electron chi connectivity index (χ1n) is 7.41. The molecule has 1 aromatic carbocycles. The topological polar surface area (TPSA) is 39.1 Å². The standard InChI is InChI=1S/C16H19BrFN3O/c1-21-7-6-19-16(21)15-14(3-2-8-22-15)20-10-11-4-5-12(17)9-13(11)18/h4-7,9,14-15,20H,2-3,8,10H2,1H3/t14-,15-/m0/s1. The molecule has 22 heavy (non-hydrogen) atoms. The van der Waals surface area contributed by atoms with Gasteiger partial charge >= 0.3 is 0 Å². The van der Waals surface area contributed by atoms with Gasteiger partial charge in [0.25, 0.3) is 0 Å². The number of aryl methyl sites for hydroxylation is 1. The highest BCUT2D eigenvalue weighted by Crippen LogP contribution is 2.27. The summed E-state index contributed by atoms with van der Waals surface area (Å²) in [4.78, 5) is 4.39. The number of rotatable bonds is 4. The first-order valence-corrected chi connectivity index (χ1v) is 8.20. The molecule has 1 aromatic heterocycles. The molecule has 0 radical (unpaired) electrons. The van der Waals surface area contributed by atoms with E-state index >= 15 is 0 Å². The molecule has 118 valence electrons. The summed E-state index contributed by atoms with van der Waals surface area (Å²) in [6, 6.07) is 5.28. The summed E-state index contributed by atoms with van der Waals surface area (Å²) in [5.41, 5.74) is 0.660. The maximum Gasteiger partial charge on any atom is 0.139 e. The molecule has 1 N–H and O–H groups in total. The monoisotopic (exact) mass is 367 g/mol. The second-order valence-electron chi connectivity index (χ2n) is 5.55. The minimum absolute atomic E-state index is 0.0905. The van der Waals surface area contributed by atoms with E-state index in [0.717, 1.165) is 29.7 Å². The van der Waals surface area contributed by atoms with Crippen molar-refractivity contribution in [3.8, 4) is 0 Å². The van der Waals surface area contributed by atoms with Gasteiger partial charge in [-0.1, -0.05) is 22.0 Å². The normalized spacial score (nSPS) is 22.0. The fourth-order valence-electron chi connectivity index (χ4n) is 2.80. The van der Waals surface area contributed by atoms with E-state index in [-0.39, 0.29) is 18.0 Å². The van der Waals surface area contributed by atoms with E-state index < -0.39 is 0 Å². The predicted molar refractivity (Wildman–Crippen MR) is 85.9 cm³/mol. The number of halogens is 2. The summed E-state index contributed by atoms with van der Waals surface area (Å²) >= 11 is 3.28. The van der Waals surface area contributed by atoms with Crippen LogP contribution in [0.2, 0.25) is 0 Å². The Kier molecular flexibility index (Phi) is 4.90. The van der Waals surface area contributed by atoms with Crippen LogP contribution in [-0.2, 0) is 18.3 Å². The molecular formula is C16H19BrFN3O. The number of aromatic nitrogens is 2. The quantitative estimate of drug-likeness (QED) is 0.900. The van der Waals surface area contributed by atoms with Crippen molar-refractivity contribution >= 4 is 15.9 Å². The van der Waals surface area contributed by atoms with Crippen molar-refractivity contribution in [3.05, 3.63) is 52.3 Å². The number of hydrogen-bond donors (Lipinski definition) is 1. The maximum absolute atomic E-state index is 13.9. The summed E-state index contributed by atoms with van der Waals surface area (Å²) in [6.07, 6.45) is 5.60. The summed E-state index contributed by atoms with van der Waals surface area (Å²) in [5.74, 6) is 0.709. The lowest BCUT2D eigenvalue weighted by Crippen LogP contribution is -2.40. The highest BCUT2D eigenvalue weighted by Gasteiger charge is 2.30. The molecule has 1 fully saturated rings. The van der Waals surface area contributed by atoms with Gasteiger partial charge in [-0.2, -0.15) is 0 Å². The predicted octanol–water partition coefficient (Wildman–Crippen LogP) is 3.33. The van der Waals surface area contributed by atoms with Crippen molar-refractivity contribution in [3.63, 3.8) is 0 Å². The molecule has 1 aliphatic rings. The minimum atomic E-state index is -0.202. The number of imidazole rings is 1. The van der Waals surface area contributed by atoms with Crippen molar-refractivity contribution in [1.82, 2.24) is 14.9 Å². The zero-order valence-corrected chi connectivity index (χ0v) is 14.0. The number of hydrogen-bond acceptors (Lipinski definition) is 3. The molecule has 1 aliphatic heterocycles. The second-order valence-corrected chi connectivity index (χ2v) is 6.47. The number of nitrogens with one attached hydrogen (secondary N) is 1. The molecule has 0 amide bonds. The van der Waals surface area contributed by atoms with Crippen LogP contribution in [0.4, 0.5) is 4.39 Å². The van der Waals surface area contributed by atoms with E-state index in [2.05, 4.69) is 26.2 Å². The summed E-state index contributed by atoms with van der Waals surface area (Å²) in [5, 5.41) is 3.43. The summed E-state index contributed by atoms with van der Waals surface area (Å²) in [7, 11) is 1.96. The van der Waals surface area contributed by atoms with Crippen molar-refractivity contribution < 1.29 is 9.13 Å². The third-order valence-electron chi connectivity index (χ3n) is 4.01. The van der Waals surface area contributed by atoms with Crippen LogP contribution in [0.25, 0.3) is 0 Å². The van der Waals surface area contributed by atoms with Crippen molar-refractivity contribution in [2.75, 3.05) is 6.61 Å². The van der Waals surface area contributed by atoms with E-state index in [9.17, 15) is 4.39 Å². The second kappa shape index (κ2) is 6.89. The van der Waals surface area contributed by atoms with Gasteiger partial charge in [-0.15, -0.1) is 0 Å². The largest absolute Gasteiger partial charge is 0.369 e. The molecule has 0 aliphatic carbocycles. The Bertz CT molecular complexity index is 646. The van der Waals surface area contributed by atoms with Gasteiger partial charge < -0.3 is 14.6 Å². The molecule has 2 aromatic rings. The molecule has 6 heteroatoms. The Morgan fingerprint density at radius 1 is 1.50 bits per heavy atom. The van der Waals surface area contributed by atoms with Gasteiger partial charge in [0, 0.05) is 48.7 Å². The molecule has 4 nitrogen and oxygen atoms in total. The van der Waals surface area contributed by atoms with Crippen LogP contribution >= 0.6 is 15.9 Å². The third kappa shape index (κ3) is 3.39. The van der Waals surface area contributed by atoms with Gasteiger partial charge in [-0.3, -0.25) is 0 Å². The lowest BCUT2D eigenvalue weighted by molar-refractivity contribution is -0.0179. The molecule has 0 spiro atoms. The average Bonchev–Trinajstić information content (AvgIpc) is 2.93. The Morgan fingerprint density at radius 3 is 3.09 bits per heavy atom. The van der Waals surface area contributed by atoms with Gasteiger partial charge in [0.2, 0.25) is 0 Å². The zero-order valence-electron chi connectivity index (χ0n) is 12.4. The van der Waals surface area contributed by atoms with Crippen LogP contribution in [0, 0.1) is 5.82 Å². The molecular weight excluding hydrogens is 349 g/mol. The van der Waals surface area contributed by atoms with Gasteiger partial charge in [-0.25, -0.2) is 9.37 Å². The van der Waals surface area contributed by atoms with Crippen LogP contribution < -0.4 is 5.32 Å². The maximum atomic E-state index is 13.9. The average molecular weight is 368 g/mol. The van der Waals surface area contributed by atoms with Gasteiger partial charge in [0.05, 0.1) is 0 Å². The number of benzene rings is 1. The summed E-state index contributed by atoms with van der Waals surface area (Å²) < 4.78 is 22.6. The molecule has 2 atom stereocenters. The van der Waals surface area contributed by atoms with Crippen LogP contribution in [0.3, 0.4) is 0 Å². The molecule has 1 saturated heterocycles. The van der Waals surface area contributed by atoms with E-state index in [1.807, 2.05) is 23.9 Å². The smallest absolute Gasteiger partial charge is 0.139 e. The van der Waals surface area contributed by atoms with E-state index in [0.29, 0.717) is 12.1 Å². The Labute approximate surface area is 137 Å². The molecule has 0 saturated carbocycles. The number of ether oxygens (including phenoxy) is 1. The van der Waals surface area contributed by atoms with E-state index in [4.69, 9.17) is 4.74 Å². The van der Waals surface area contributed by atoms with Gasteiger partial charge in [0.1, 0.15) is 17.7 Å². The fourth-order valence-corrected chi connectivity index (χ4v) is 3.14. The lowest BCUT2D eigenvalue weighted by Gasteiger charge is -2.32. The summed E-state index contributed by atoms with van der Waals surface area (Å²) in [6.45, 7) is 1.22.